The average Bonchev–Trinajstić information content (AvgIpc) is 2.67. The number of aromatic amines is 1. The lowest BCUT2D eigenvalue weighted by Crippen LogP contribution is -1.80. The van der Waals surface area contributed by atoms with Gasteiger partial charge in [0.1, 0.15) is 0 Å². The Morgan fingerprint density at radius 2 is 1.81 bits per heavy atom. The smallest absolute Gasteiger partial charge is 0.0669 e. The molecule has 0 aliphatic heterocycles. The van der Waals surface area contributed by atoms with Crippen LogP contribution in [-0.4, -0.2) is 4.98 Å². The molecule has 0 radical (unpaired) electrons. The fraction of sp³-hybridized carbons (Fsp3) is 0.0714. The number of nitrogens with zero attached hydrogens (tertiary/aromatic N) is 1. The Morgan fingerprint density at radius 1 is 1.00 bits per heavy atom. The number of para-hydroxylation sites is 1. The van der Waals surface area contributed by atoms with E-state index < -0.39 is 0 Å². The van der Waals surface area contributed by atoms with E-state index in [2.05, 4.69) is 35.3 Å². The first-order valence-corrected chi connectivity index (χ1v) is 5.25. The predicted molar refractivity (Wildman–Crippen MR) is 65.1 cm³/mol. The molecule has 0 aliphatic carbocycles. The molecule has 76 valence electrons. The van der Waals surface area contributed by atoms with Gasteiger partial charge in [0, 0.05) is 21.8 Å². The maximum Gasteiger partial charge on any atom is 0.0669 e. The van der Waals surface area contributed by atoms with Crippen molar-refractivity contribution in [1.82, 2.24) is 4.98 Å². The monoisotopic (exact) mass is 206 g/mol. The molecule has 0 unspecified atom stereocenters. The Morgan fingerprint density at radius 3 is 2.69 bits per heavy atom. The summed E-state index contributed by atoms with van der Waals surface area (Å²) in [5.41, 5.74) is 3.31. The van der Waals surface area contributed by atoms with Crippen molar-refractivity contribution >= 4 is 21.8 Å². The maximum absolute atomic E-state index is 8.67. The van der Waals surface area contributed by atoms with Crippen molar-refractivity contribution in [3.63, 3.8) is 0 Å². The quantitative estimate of drug-likeness (QED) is 0.651. The van der Waals surface area contributed by atoms with Gasteiger partial charge in [-0.25, -0.2) is 0 Å². The normalized spacial score (nSPS) is 10.7. The number of aromatic nitrogens is 1. The number of hydrogen-bond acceptors (Lipinski definition) is 1. The molecular weight excluding hydrogens is 196 g/mol. The lowest BCUT2D eigenvalue weighted by Gasteiger charge is -1.94. The summed E-state index contributed by atoms with van der Waals surface area (Å²) < 4.78 is 0. The molecule has 0 fully saturated rings. The first kappa shape index (κ1) is 8.99. The van der Waals surface area contributed by atoms with Gasteiger partial charge in [-0.05, 0) is 17.7 Å². The van der Waals surface area contributed by atoms with Crippen molar-refractivity contribution in [1.29, 1.82) is 5.26 Å². The zero-order valence-electron chi connectivity index (χ0n) is 8.70. The van der Waals surface area contributed by atoms with Gasteiger partial charge < -0.3 is 4.98 Å². The summed E-state index contributed by atoms with van der Waals surface area (Å²) >= 11 is 0. The van der Waals surface area contributed by atoms with E-state index in [-0.39, 0.29) is 0 Å². The number of H-pyrrole nitrogens is 1. The second-order valence-electron chi connectivity index (χ2n) is 3.89. The molecule has 2 aromatic carbocycles. The highest BCUT2D eigenvalue weighted by atomic mass is 14.7. The number of fused-ring (bicyclic) bond motifs is 3. The van der Waals surface area contributed by atoms with Gasteiger partial charge in [0.2, 0.25) is 0 Å². The molecule has 0 saturated heterocycles. The third-order valence-corrected chi connectivity index (χ3v) is 2.85. The Balaban J connectivity index is 2.33. The van der Waals surface area contributed by atoms with Crippen LogP contribution in [-0.2, 0) is 6.42 Å². The SMILES string of the molecule is N#CCc1ccc2c(c1)[nH]c1ccccc12. The van der Waals surface area contributed by atoms with E-state index in [0.717, 1.165) is 16.6 Å². The van der Waals surface area contributed by atoms with Gasteiger partial charge in [0.05, 0.1) is 12.5 Å². The van der Waals surface area contributed by atoms with Crippen molar-refractivity contribution in [3.8, 4) is 6.07 Å². The van der Waals surface area contributed by atoms with Crippen molar-refractivity contribution in [2.45, 2.75) is 6.42 Å². The second-order valence-corrected chi connectivity index (χ2v) is 3.89. The number of nitriles is 1. The van der Waals surface area contributed by atoms with Crippen LogP contribution in [0, 0.1) is 11.3 Å². The minimum atomic E-state index is 0.464. The molecule has 3 aromatic rings. The number of benzene rings is 2. The highest BCUT2D eigenvalue weighted by molar-refractivity contribution is 6.07. The summed E-state index contributed by atoms with van der Waals surface area (Å²) in [6, 6.07) is 16.6. The zero-order chi connectivity index (χ0) is 11.0. The van der Waals surface area contributed by atoms with Crippen LogP contribution >= 0.6 is 0 Å². The molecule has 0 amide bonds. The molecule has 0 saturated carbocycles. The van der Waals surface area contributed by atoms with Crippen LogP contribution in [0.5, 0.6) is 0 Å². The Bertz CT molecular complexity index is 701. The van der Waals surface area contributed by atoms with Gasteiger partial charge in [-0.15, -0.1) is 0 Å². The molecular formula is C14H10N2. The summed E-state index contributed by atoms with van der Waals surface area (Å²) in [4.78, 5) is 3.37. The number of hydrogen-bond donors (Lipinski definition) is 1. The first-order valence-electron chi connectivity index (χ1n) is 5.25. The molecule has 0 atom stereocenters. The van der Waals surface area contributed by atoms with E-state index in [9.17, 15) is 0 Å². The van der Waals surface area contributed by atoms with Crippen LogP contribution in [0.25, 0.3) is 21.8 Å². The molecule has 2 nitrogen and oxygen atoms in total. The fourth-order valence-electron chi connectivity index (χ4n) is 2.10. The molecule has 3 rings (SSSR count). The maximum atomic E-state index is 8.67. The van der Waals surface area contributed by atoms with Crippen LogP contribution < -0.4 is 0 Å². The lowest BCUT2D eigenvalue weighted by atomic mass is 10.1. The minimum absolute atomic E-state index is 0.464. The van der Waals surface area contributed by atoms with Crippen LogP contribution in [0.1, 0.15) is 5.56 Å². The van der Waals surface area contributed by atoms with Gasteiger partial charge in [0.25, 0.3) is 0 Å². The third-order valence-electron chi connectivity index (χ3n) is 2.85. The fourth-order valence-corrected chi connectivity index (χ4v) is 2.10. The molecule has 1 heterocycles. The molecule has 0 aliphatic rings. The Labute approximate surface area is 93.1 Å². The summed E-state index contributed by atoms with van der Waals surface area (Å²) in [5, 5.41) is 11.1. The van der Waals surface area contributed by atoms with E-state index in [0.29, 0.717) is 6.42 Å². The summed E-state index contributed by atoms with van der Waals surface area (Å²) in [5.74, 6) is 0. The standard InChI is InChI=1S/C14H10N2/c15-8-7-10-5-6-12-11-3-1-2-4-13(11)16-14(12)9-10/h1-6,9,16H,7H2. The Hall–Kier alpha value is -2.27. The number of nitrogens with one attached hydrogen (secondary N) is 1. The molecule has 0 bridgehead atoms. The molecule has 1 aromatic heterocycles. The number of rotatable bonds is 1. The van der Waals surface area contributed by atoms with Gasteiger partial charge in [-0.2, -0.15) is 5.26 Å². The molecule has 1 N–H and O–H groups in total. The van der Waals surface area contributed by atoms with Crippen LogP contribution in [0.3, 0.4) is 0 Å². The summed E-state index contributed by atoms with van der Waals surface area (Å²) in [6.45, 7) is 0. The second kappa shape index (κ2) is 3.39. The summed E-state index contributed by atoms with van der Waals surface area (Å²) in [7, 11) is 0. The van der Waals surface area contributed by atoms with Crippen LogP contribution in [0.4, 0.5) is 0 Å². The highest BCUT2D eigenvalue weighted by Gasteiger charge is 2.03. The van der Waals surface area contributed by atoms with E-state index in [1.165, 1.54) is 10.8 Å². The topological polar surface area (TPSA) is 39.6 Å². The van der Waals surface area contributed by atoms with E-state index in [1.54, 1.807) is 0 Å². The average molecular weight is 206 g/mol. The lowest BCUT2D eigenvalue weighted by molar-refractivity contribution is 1.27. The van der Waals surface area contributed by atoms with Gasteiger partial charge in [-0.1, -0.05) is 30.3 Å². The van der Waals surface area contributed by atoms with Gasteiger partial charge in [0.15, 0.2) is 0 Å². The molecule has 16 heavy (non-hydrogen) atoms. The third kappa shape index (κ3) is 1.26. The van der Waals surface area contributed by atoms with Crippen LogP contribution in [0.2, 0.25) is 0 Å². The van der Waals surface area contributed by atoms with E-state index >= 15 is 0 Å². The minimum Gasteiger partial charge on any atom is -0.355 e. The van der Waals surface area contributed by atoms with Crippen molar-refractivity contribution in [2.24, 2.45) is 0 Å². The van der Waals surface area contributed by atoms with Crippen molar-refractivity contribution in [3.05, 3.63) is 48.0 Å². The van der Waals surface area contributed by atoms with Crippen LogP contribution in [0.15, 0.2) is 42.5 Å². The Kier molecular flexibility index (Phi) is 1.91. The van der Waals surface area contributed by atoms with E-state index in [4.69, 9.17) is 5.26 Å². The van der Waals surface area contributed by atoms with E-state index in [1.807, 2.05) is 18.2 Å². The molecule has 0 spiro atoms. The molecule has 2 heteroatoms. The summed E-state index contributed by atoms with van der Waals surface area (Å²) in [6.07, 6.45) is 0.464. The zero-order valence-corrected chi connectivity index (χ0v) is 8.70. The predicted octanol–water partition coefficient (Wildman–Crippen LogP) is 3.39. The van der Waals surface area contributed by atoms with Crippen molar-refractivity contribution in [2.75, 3.05) is 0 Å². The van der Waals surface area contributed by atoms with Gasteiger partial charge >= 0.3 is 0 Å². The first-order chi connectivity index (χ1) is 7.88. The largest absolute Gasteiger partial charge is 0.355 e. The highest BCUT2D eigenvalue weighted by Crippen LogP contribution is 2.25. The van der Waals surface area contributed by atoms with Gasteiger partial charge in [-0.3, -0.25) is 0 Å². The van der Waals surface area contributed by atoms with Crippen molar-refractivity contribution < 1.29 is 0 Å².